The average molecular weight is 220 g/mol. The summed E-state index contributed by atoms with van der Waals surface area (Å²) in [5.74, 6) is 0.836. The second kappa shape index (κ2) is 4.10. The van der Waals surface area contributed by atoms with E-state index in [1.54, 1.807) is 13.8 Å². The summed E-state index contributed by atoms with van der Waals surface area (Å²) in [5.41, 5.74) is 1.20. The third-order valence-electron chi connectivity index (χ3n) is 3.14. The van der Waals surface area contributed by atoms with Gasteiger partial charge in [0.05, 0.1) is 11.7 Å². The van der Waals surface area contributed by atoms with Gasteiger partial charge in [0.25, 0.3) is 0 Å². The maximum Gasteiger partial charge on any atom is 0.125 e. The van der Waals surface area contributed by atoms with E-state index in [-0.39, 0.29) is 0 Å². The summed E-state index contributed by atoms with van der Waals surface area (Å²) in [7, 11) is 0. The van der Waals surface area contributed by atoms with E-state index in [9.17, 15) is 5.11 Å². The molecule has 1 N–H and O–H groups in total. The molecule has 0 aromatic heterocycles. The third kappa shape index (κ3) is 2.38. The van der Waals surface area contributed by atoms with Crippen molar-refractivity contribution in [1.82, 2.24) is 0 Å². The molecule has 1 fully saturated rings. The van der Waals surface area contributed by atoms with Crippen molar-refractivity contribution in [3.8, 4) is 5.75 Å². The predicted molar refractivity (Wildman–Crippen MR) is 64.7 cm³/mol. The molecular weight excluding hydrogens is 200 g/mol. The first-order valence-corrected chi connectivity index (χ1v) is 5.97. The Morgan fingerprint density at radius 2 is 2.00 bits per heavy atom. The highest BCUT2D eigenvalue weighted by Gasteiger charge is 2.25. The predicted octanol–water partition coefficient (Wildman–Crippen LogP) is 3.15. The molecule has 0 bridgehead atoms. The van der Waals surface area contributed by atoms with E-state index in [4.69, 9.17) is 4.74 Å². The molecule has 0 radical (unpaired) electrons. The molecule has 1 aliphatic rings. The Hall–Kier alpha value is -1.02. The molecule has 0 amide bonds. The van der Waals surface area contributed by atoms with Gasteiger partial charge in [-0.15, -0.1) is 0 Å². The third-order valence-corrected chi connectivity index (χ3v) is 3.14. The van der Waals surface area contributed by atoms with Crippen LogP contribution < -0.4 is 4.74 Å². The first kappa shape index (κ1) is 11.5. The van der Waals surface area contributed by atoms with Crippen LogP contribution in [0.1, 0.15) is 44.2 Å². The molecule has 0 spiro atoms. The lowest BCUT2D eigenvalue weighted by atomic mass is 9.93. The Morgan fingerprint density at radius 3 is 2.50 bits per heavy atom. The Balaban J connectivity index is 2.28. The topological polar surface area (TPSA) is 29.5 Å². The average Bonchev–Trinajstić information content (AvgIpc) is 2.11. The summed E-state index contributed by atoms with van der Waals surface area (Å²) in [5, 5.41) is 10.1. The standard InChI is InChI=1S/C14H20O2/c1-10-7-8-13(16-11-5-4-6-11)12(9-10)14(2,3)15/h7-9,11,15H,4-6H2,1-3H3. The van der Waals surface area contributed by atoms with Gasteiger partial charge in [0.2, 0.25) is 0 Å². The van der Waals surface area contributed by atoms with Gasteiger partial charge >= 0.3 is 0 Å². The molecule has 1 aromatic carbocycles. The molecule has 1 aliphatic carbocycles. The Kier molecular flexibility index (Phi) is 2.94. The van der Waals surface area contributed by atoms with Gasteiger partial charge in [-0.25, -0.2) is 0 Å². The molecule has 88 valence electrons. The molecule has 0 atom stereocenters. The molecule has 2 rings (SSSR count). The SMILES string of the molecule is Cc1ccc(OC2CCC2)c(C(C)(C)O)c1. The van der Waals surface area contributed by atoms with Gasteiger partial charge in [0.15, 0.2) is 0 Å². The molecule has 0 aliphatic heterocycles. The Morgan fingerprint density at radius 1 is 1.31 bits per heavy atom. The molecule has 2 heteroatoms. The smallest absolute Gasteiger partial charge is 0.125 e. The van der Waals surface area contributed by atoms with Crippen molar-refractivity contribution in [2.75, 3.05) is 0 Å². The fourth-order valence-corrected chi connectivity index (χ4v) is 1.89. The van der Waals surface area contributed by atoms with E-state index in [0.717, 1.165) is 29.7 Å². The molecular formula is C14H20O2. The summed E-state index contributed by atoms with van der Waals surface area (Å²) < 4.78 is 5.90. The Labute approximate surface area is 97.3 Å². The summed E-state index contributed by atoms with van der Waals surface area (Å²) in [6, 6.07) is 6.01. The molecule has 16 heavy (non-hydrogen) atoms. The van der Waals surface area contributed by atoms with Crippen LogP contribution in [0.2, 0.25) is 0 Å². The van der Waals surface area contributed by atoms with Gasteiger partial charge in [0, 0.05) is 5.56 Å². The summed E-state index contributed by atoms with van der Waals surface area (Å²) in [4.78, 5) is 0. The molecule has 2 nitrogen and oxygen atoms in total. The van der Waals surface area contributed by atoms with Gasteiger partial charge in [-0.2, -0.15) is 0 Å². The number of aliphatic hydroxyl groups is 1. The molecule has 0 heterocycles. The largest absolute Gasteiger partial charge is 0.490 e. The second-order valence-electron chi connectivity index (χ2n) is 5.23. The van der Waals surface area contributed by atoms with E-state index in [1.165, 1.54) is 6.42 Å². The van der Waals surface area contributed by atoms with Crippen molar-refractivity contribution in [1.29, 1.82) is 0 Å². The van der Waals surface area contributed by atoms with Crippen molar-refractivity contribution in [2.45, 2.75) is 51.7 Å². The van der Waals surface area contributed by atoms with Gasteiger partial charge in [-0.05, 0) is 52.2 Å². The van der Waals surface area contributed by atoms with Crippen molar-refractivity contribution in [3.05, 3.63) is 29.3 Å². The van der Waals surface area contributed by atoms with Crippen LogP contribution in [0.25, 0.3) is 0 Å². The summed E-state index contributed by atoms with van der Waals surface area (Å²) >= 11 is 0. The van der Waals surface area contributed by atoms with Crippen LogP contribution in [0.5, 0.6) is 5.75 Å². The number of benzene rings is 1. The normalized spacial score (nSPS) is 17.0. The van der Waals surface area contributed by atoms with Gasteiger partial charge in [0.1, 0.15) is 5.75 Å². The van der Waals surface area contributed by atoms with E-state index < -0.39 is 5.60 Å². The zero-order chi connectivity index (χ0) is 11.8. The number of hydrogen-bond acceptors (Lipinski definition) is 2. The lowest BCUT2D eigenvalue weighted by Gasteiger charge is -2.30. The highest BCUT2D eigenvalue weighted by molar-refractivity contribution is 5.40. The van der Waals surface area contributed by atoms with E-state index in [2.05, 4.69) is 0 Å². The van der Waals surface area contributed by atoms with Crippen LogP contribution in [-0.2, 0) is 5.60 Å². The zero-order valence-electron chi connectivity index (χ0n) is 10.3. The van der Waals surface area contributed by atoms with Crippen molar-refractivity contribution in [2.24, 2.45) is 0 Å². The lowest BCUT2D eigenvalue weighted by Crippen LogP contribution is -2.27. The van der Waals surface area contributed by atoms with Crippen LogP contribution in [0, 0.1) is 6.92 Å². The van der Waals surface area contributed by atoms with Crippen LogP contribution in [0.3, 0.4) is 0 Å². The maximum absolute atomic E-state index is 10.1. The minimum absolute atomic E-state index is 0.351. The van der Waals surface area contributed by atoms with Crippen molar-refractivity contribution < 1.29 is 9.84 Å². The van der Waals surface area contributed by atoms with Gasteiger partial charge < -0.3 is 9.84 Å². The monoisotopic (exact) mass is 220 g/mol. The Bertz CT molecular complexity index is 373. The zero-order valence-corrected chi connectivity index (χ0v) is 10.3. The van der Waals surface area contributed by atoms with E-state index >= 15 is 0 Å². The highest BCUT2D eigenvalue weighted by atomic mass is 16.5. The number of hydrogen-bond donors (Lipinski definition) is 1. The maximum atomic E-state index is 10.1. The summed E-state index contributed by atoms with van der Waals surface area (Å²) in [6.07, 6.45) is 3.89. The van der Waals surface area contributed by atoms with Crippen molar-refractivity contribution >= 4 is 0 Å². The fourth-order valence-electron chi connectivity index (χ4n) is 1.89. The number of rotatable bonds is 3. The quantitative estimate of drug-likeness (QED) is 0.848. The van der Waals surface area contributed by atoms with Crippen LogP contribution >= 0.6 is 0 Å². The van der Waals surface area contributed by atoms with Gasteiger partial charge in [-0.3, -0.25) is 0 Å². The number of ether oxygens (including phenoxy) is 1. The highest BCUT2D eigenvalue weighted by Crippen LogP contribution is 2.33. The fraction of sp³-hybridized carbons (Fsp3) is 0.571. The van der Waals surface area contributed by atoms with Gasteiger partial charge in [-0.1, -0.05) is 11.6 Å². The molecule has 1 saturated carbocycles. The number of aryl methyl sites for hydroxylation is 1. The van der Waals surface area contributed by atoms with Crippen LogP contribution in [0.15, 0.2) is 18.2 Å². The second-order valence-corrected chi connectivity index (χ2v) is 5.23. The summed E-state index contributed by atoms with van der Waals surface area (Å²) in [6.45, 7) is 5.63. The van der Waals surface area contributed by atoms with E-state index in [1.807, 2.05) is 25.1 Å². The van der Waals surface area contributed by atoms with Crippen LogP contribution in [-0.4, -0.2) is 11.2 Å². The van der Waals surface area contributed by atoms with E-state index in [0.29, 0.717) is 6.10 Å². The first-order valence-electron chi connectivity index (χ1n) is 5.97. The minimum atomic E-state index is -0.842. The lowest BCUT2D eigenvalue weighted by molar-refractivity contribution is 0.0654. The minimum Gasteiger partial charge on any atom is -0.490 e. The first-order chi connectivity index (χ1) is 7.47. The van der Waals surface area contributed by atoms with Crippen molar-refractivity contribution in [3.63, 3.8) is 0 Å². The van der Waals surface area contributed by atoms with Crippen LogP contribution in [0.4, 0.5) is 0 Å². The molecule has 0 saturated heterocycles. The molecule has 1 aromatic rings. The molecule has 0 unspecified atom stereocenters.